The minimum Gasteiger partial charge on any atom is -0.348 e. The van der Waals surface area contributed by atoms with Gasteiger partial charge in [0.1, 0.15) is 0 Å². The quantitative estimate of drug-likeness (QED) is 0.701. The van der Waals surface area contributed by atoms with E-state index in [1.807, 2.05) is 0 Å². The number of halogens is 1. The minimum absolute atomic E-state index is 0.00620. The second-order valence-electron chi connectivity index (χ2n) is 3.00. The molecule has 0 aromatic carbocycles. The summed E-state index contributed by atoms with van der Waals surface area (Å²) in [5.41, 5.74) is 0. The van der Waals surface area contributed by atoms with E-state index in [1.165, 1.54) is 0 Å². The van der Waals surface area contributed by atoms with Crippen molar-refractivity contribution < 1.29 is 9.00 Å². The highest BCUT2D eigenvalue weighted by Gasteiger charge is 2.19. The lowest BCUT2D eigenvalue weighted by Crippen LogP contribution is -2.39. The second kappa shape index (κ2) is 4.77. The Kier molecular flexibility index (Phi) is 3.93. The fraction of sp³-hybridized carbons (Fsp3) is 0.625. The molecule has 0 saturated carbocycles. The molecule has 0 aliphatic carbocycles. The first kappa shape index (κ1) is 10.7. The van der Waals surface area contributed by atoms with Crippen LogP contribution >= 0.6 is 11.6 Å². The minimum atomic E-state index is -0.693. The highest BCUT2D eigenvalue weighted by Crippen LogP contribution is 2.10. The summed E-state index contributed by atoms with van der Waals surface area (Å²) in [6.45, 7) is 3.33. The Morgan fingerprint density at radius 2 is 2.00 bits per heavy atom. The number of nitrogens with one attached hydrogen (secondary N) is 1. The van der Waals surface area contributed by atoms with Crippen molar-refractivity contribution in [3.63, 3.8) is 0 Å². The lowest BCUT2D eigenvalue weighted by Gasteiger charge is -2.22. The fourth-order valence-corrected chi connectivity index (χ4v) is 2.56. The standard InChI is InChI=1S/C8H12ClNO2S/c1-6(9)8(11)10-7-2-4-13(12)5-3-7/h7H,1-5H2,(H,10,11). The van der Waals surface area contributed by atoms with E-state index in [-0.39, 0.29) is 17.0 Å². The number of hydrogen-bond donors (Lipinski definition) is 1. The van der Waals surface area contributed by atoms with Crippen LogP contribution in [0, 0.1) is 0 Å². The summed E-state index contributed by atoms with van der Waals surface area (Å²) in [6, 6.07) is 0.112. The lowest BCUT2D eigenvalue weighted by atomic mass is 10.1. The Morgan fingerprint density at radius 3 is 2.46 bits per heavy atom. The molecule has 1 heterocycles. The predicted octanol–water partition coefficient (Wildman–Crippen LogP) is 0.766. The molecule has 1 N–H and O–H groups in total. The number of amides is 1. The van der Waals surface area contributed by atoms with E-state index in [1.54, 1.807) is 0 Å². The molecule has 0 radical (unpaired) electrons. The topological polar surface area (TPSA) is 46.2 Å². The van der Waals surface area contributed by atoms with Gasteiger partial charge in [0, 0.05) is 28.3 Å². The molecule has 0 spiro atoms. The molecule has 1 fully saturated rings. The van der Waals surface area contributed by atoms with E-state index in [2.05, 4.69) is 11.9 Å². The number of carbonyl (C=O) groups excluding carboxylic acids is 1. The van der Waals surface area contributed by atoms with Crippen molar-refractivity contribution in [1.82, 2.24) is 5.32 Å². The maximum absolute atomic E-state index is 11.1. The molecule has 0 atom stereocenters. The van der Waals surface area contributed by atoms with Crippen molar-refractivity contribution in [2.75, 3.05) is 11.5 Å². The summed E-state index contributed by atoms with van der Waals surface area (Å²) < 4.78 is 11.0. The summed E-state index contributed by atoms with van der Waals surface area (Å²) in [4.78, 5) is 11.1. The van der Waals surface area contributed by atoms with E-state index < -0.39 is 10.8 Å². The Bertz CT molecular complexity index is 245. The van der Waals surface area contributed by atoms with Gasteiger partial charge in [-0.2, -0.15) is 0 Å². The second-order valence-corrected chi connectivity index (χ2v) is 5.15. The van der Waals surface area contributed by atoms with Crippen molar-refractivity contribution >= 4 is 28.3 Å². The Hall–Kier alpha value is -0.350. The van der Waals surface area contributed by atoms with Gasteiger partial charge in [-0.05, 0) is 12.8 Å². The zero-order valence-electron chi connectivity index (χ0n) is 7.22. The predicted molar refractivity (Wildman–Crippen MR) is 54.0 cm³/mol. The van der Waals surface area contributed by atoms with Gasteiger partial charge in [0.25, 0.3) is 5.91 Å². The molecule has 1 amide bonds. The molecular weight excluding hydrogens is 210 g/mol. The molecule has 1 rings (SSSR count). The molecule has 0 bridgehead atoms. The van der Waals surface area contributed by atoms with Crippen LogP contribution in [-0.4, -0.2) is 27.7 Å². The number of carbonyl (C=O) groups is 1. The summed E-state index contributed by atoms with van der Waals surface area (Å²) in [6.07, 6.45) is 1.53. The molecule has 1 aliphatic heterocycles. The van der Waals surface area contributed by atoms with Crippen LogP contribution in [0.4, 0.5) is 0 Å². The molecule has 0 aromatic rings. The molecular formula is C8H12ClNO2S. The van der Waals surface area contributed by atoms with Crippen LogP contribution in [0.1, 0.15) is 12.8 Å². The first-order valence-electron chi connectivity index (χ1n) is 4.10. The monoisotopic (exact) mass is 221 g/mol. The summed E-state index contributed by atoms with van der Waals surface area (Å²) in [5, 5.41) is 2.74. The van der Waals surface area contributed by atoms with Crippen LogP contribution < -0.4 is 5.32 Å². The highest BCUT2D eigenvalue weighted by molar-refractivity contribution is 7.85. The highest BCUT2D eigenvalue weighted by atomic mass is 35.5. The van der Waals surface area contributed by atoms with E-state index in [9.17, 15) is 9.00 Å². The van der Waals surface area contributed by atoms with Crippen molar-refractivity contribution in [2.45, 2.75) is 18.9 Å². The average Bonchev–Trinajstić information content (AvgIpc) is 2.08. The normalized spacial score (nSPS) is 28.1. The smallest absolute Gasteiger partial charge is 0.262 e. The van der Waals surface area contributed by atoms with Crippen LogP contribution in [0.25, 0.3) is 0 Å². The Balaban J connectivity index is 2.34. The van der Waals surface area contributed by atoms with Crippen molar-refractivity contribution in [3.8, 4) is 0 Å². The number of hydrogen-bond acceptors (Lipinski definition) is 2. The SMILES string of the molecule is C=C(Cl)C(=O)NC1CCS(=O)CC1. The molecule has 1 saturated heterocycles. The van der Waals surface area contributed by atoms with E-state index >= 15 is 0 Å². The third-order valence-corrected chi connectivity index (χ3v) is 3.52. The van der Waals surface area contributed by atoms with Gasteiger partial charge in [0.05, 0.1) is 5.03 Å². The van der Waals surface area contributed by atoms with Crippen molar-refractivity contribution in [1.29, 1.82) is 0 Å². The van der Waals surface area contributed by atoms with Gasteiger partial charge >= 0.3 is 0 Å². The molecule has 1 aliphatic rings. The first-order valence-corrected chi connectivity index (χ1v) is 5.96. The third kappa shape index (κ3) is 3.48. The largest absolute Gasteiger partial charge is 0.348 e. The van der Waals surface area contributed by atoms with Gasteiger partial charge in [0.15, 0.2) is 0 Å². The van der Waals surface area contributed by atoms with Gasteiger partial charge in [0.2, 0.25) is 0 Å². The van der Waals surface area contributed by atoms with Crippen LogP contribution in [0.15, 0.2) is 11.6 Å². The summed E-state index contributed by atoms with van der Waals surface area (Å²) in [5.74, 6) is 1.01. The van der Waals surface area contributed by atoms with Crippen LogP contribution in [0.3, 0.4) is 0 Å². The molecule has 3 nitrogen and oxygen atoms in total. The number of rotatable bonds is 2. The van der Waals surface area contributed by atoms with E-state index in [0.717, 1.165) is 12.8 Å². The van der Waals surface area contributed by atoms with Crippen LogP contribution in [0.2, 0.25) is 0 Å². The third-order valence-electron chi connectivity index (χ3n) is 1.97. The zero-order chi connectivity index (χ0) is 9.84. The van der Waals surface area contributed by atoms with Gasteiger partial charge in [-0.25, -0.2) is 0 Å². The van der Waals surface area contributed by atoms with Gasteiger partial charge in [-0.3, -0.25) is 9.00 Å². The van der Waals surface area contributed by atoms with Crippen LogP contribution in [-0.2, 0) is 15.6 Å². The zero-order valence-corrected chi connectivity index (χ0v) is 8.79. The molecule has 0 aromatic heterocycles. The summed E-state index contributed by atoms with van der Waals surface area (Å²) in [7, 11) is -0.693. The summed E-state index contributed by atoms with van der Waals surface area (Å²) >= 11 is 5.41. The Labute approximate surface area is 85.0 Å². The van der Waals surface area contributed by atoms with Crippen LogP contribution in [0.5, 0.6) is 0 Å². The fourth-order valence-electron chi connectivity index (χ4n) is 1.20. The molecule has 5 heteroatoms. The average molecular weight is 222 g/mol. The van der Waals surface area contributed by atoms with E-state index in [4.69, 9.17) is 11.6 Å². The Morgan fingerprint density at radius 1 is 1.46 bits per heavy atom. The van der Waals surface area contributed by atoms with E-state index in [0.29, 0.717) is 11.5 Å². The molecule has 0 unspecified atom stereocenters. The van der Waals surface area contributed by atoms with Crippen molar-refractivity contribution in [3.05, 3.63) is 11.6 Å². The van der Waals surface area contributed by atoms with Gasteiger partial charge in [-0.15, -0.1) is 0 Å². The maximum atomic E-state index is 11.1. The van der Waals surface area contributed by atoms with Gasteiger partial charge < -0.3 is 5.32 Å². The maximum Gasteiger partial charge on any atom is 0.262 e. The van der Waals surface area contributed by atoms with Crippen molar-refractivity contribution in [2.24, 2.45) is 0 Å². The van der Waals surface area contributed by atoms with Gasteiger partial charge in [-0.1, -0.05) is 18.2 Å². The first-order chi connectivity index (χ1) is 6.09. The molecule has 74 valence electrons. The molecule has 13 heavy (non-hydrogen) atoms. The lowest BCUT2D eigenvalue weighted by molar-refractivity contribution is -0.117.